The minimum atomic E-state index is -1.12. The average Bonchev–Trinajstić information content (AvgIpc) is 2.97. The van der Waals surface area contributed by atoms with Crippen LogP contribution in [0.15, 0.2) is 60.8 Å². The van der Waals surface area contributed by atoms with Crippen LogP contribution in [-0.4, -0.2) is 24.1 Å². The van der Waals surface area contributed by atoms with Gasteiger partial charge in [0.1, 0.15) is 5.82 Å². The number of benzene rings is 3. The van der Waals surface area contributed by atoms with Gasteiger partial charge in [0, 0.05) is 46.6 Å². The van der Waals surface area contributed by atoms with Gasteiger partial charge in [-0.2, -0.15) is 0 Å². The number of methoxy groups -OCH3 is 1. The number of nitrogens with one attached hydrogen (secondary N) is 2. The van der Waals surface area contributed by atoms with Gasteiger partial charge in [-0.25, -0.2) is 22.4 Å². The van der Waals surface area contributed by atoms with Crippen molar-refractivity contribution in [1.82, 2.24) is 4.98 Å². The number of carbonyl (C=O) groups is 2. The molecule has 11 heteroatoms. The molecule has 2 bridgehead atoms. The third kappa shape index (κ3) is 5.94. The SMILES string of the molecule is COC(=O)Nc1ccc2c(c1)NC(=O)CCCCC(c1ccc(-c3c(F)ccc(Cl)c3F)cn1)c1cc(F)c(F)c-2c1. The Hall–Kier alpha value is -4.44. The Morgan fingerprint density at radius 3 is 2.52 bits per heavy atom. The molecular formula is C31H24ClF4N3O3. The fraction of sp³-hybridized carbons (Fsp3) is 0.194. The molecule has 0 fully saturated rings. The van der Waals surface area contributed by atoms with E-state index in [-0.39, 0.29) is 51.0 Å². The van der Waals surface area contributed by atoms with Crippen molar-refractivity contribution in [1.29, 1.82) is 0 Å². The van der Waals surface area contributed by atoms with Crippen molar-refractivity contribution in [3.05, 3.63) is 100 Å². The van der Waals surface area contributed by atoms with Gasteiger partial charge < -0.3 is 10.1 Å². The Labute approximate surface area is 243 Å². The first-order chi connectivity index (χ1) is 20.2. The highest BCUT2D eigenvalue weighted by molar-refractivity contribution is 6.31. The first-order valence-corrected chi connectivity index (χ1v) is 13.4. The zero-order valence-electron chi connectivity index (χ0n) is 22.2. The van der Waals surface area contributed by atoms with E-state index < -0.39 is 35.3 Å². The highest BCUT2D eigenvalue weighted by Crippen LogP contribution is 2.39. The van der Waals surface area contributed by atoms with Crippen molar-refractivity contribution in [2.75, 3.05) is 17.7 Å². The molecule has 6 nitrogen and oxygen atoms in total. The van der Waals surface area contributed by atoms with Crippen LogP contribution < -0.4 is 10.6 Å². The summed E-state index contributed by atoms with van der Waals surface area (Å²) in [6, 6.07) is 12.2. The fourth-order valence-corrected chi connectivity index (χ4v) is 5.18. The molecule has 4 aromatic rings. The Morgan fingerprint density at radius 1 is 0.976 bits per heavy atom. The molecule has 0 saturated carbocycles. The molecular weight excluding hydrogens is 574 g/mol. The van der Waals surface area contributed by atoms with Gasteiger partial charge in [-0.3, -0.25) is 15.1 Å². The summed E-state index contributed by atoms with van der Waals surface area (Å²) in [5.41, 5.74) is 1.30. The number of amides is 2. The van der Waals surface area contributed by atoms with Crippen molar-refractivity contribution in [2.24, 2.45) is 0 Å². The highest BCUT2D eigenvalue weighted by atomic mass is 35.5. The van der Waals surface area contributed by atoms with Gasteiger partial charge in [-0.05, 0) is 60.9 Å². The van der Waals surface area contributed by atoms with Crippen LogP contribution in [0.1, 0.15) is 42.9 Å². The number of fused-ring (bicyclic) bond motifs is 4. The van der Waals surface area contributed by atoms with E-state index in [9.17, 15) is 18.4 Å². The molecule has 42 heavy (non-hydrogen) atoms. The van der Waals surface area contributed by atoms with Crippen LogP contribution in [0.25, 0.3) is 22.3 Å². The smallest absolute Gasteiger partial charge is 0.411 e. The predicted octanol–water partition coefficient (Wildman–Crippen LogP) is 8.45. The highest BCUT2D eigenvalue weighted by Gasteiger charge is 2.24. The average molecular weight is 598 g/mol. The lowest BCUT2D eigenvalue weighted by atomic mass is 9.87. The molecule has 1 aliphatic rings. The normalized spacial score (nSPS) is 15.1. The summed E-state index contributed by atoms with van der Waals surface area (Å²) >= 11 is 5.84. The molecule has 0 spiro atoms. The van der Waals surface area contributed by atoms with Crippen molar-refractivity contribution >= 4 is 35.0 Å². The quantitative estimate of drug-likeness (QED) is 0.183. The van der Waals surface area contributed by atoms with Gasteiger partial charge in [0.15, 0.2) is 17.5 Å². The van der Waals surface area contributed by atoms with Gasteiger partial charge in [0.25, 0.3) is 0 Å². The lowest BCUT2D eigenvalue weighted by Gasteiger charge is -2.21. The zero-order chi connectivity index (χ0) is 30.0. The second kappa shape index (κ2) is 12.2. The molecule has 2 heterocycles. The van der Waals surface area contributed by atoms with Crippen molar-refractivity contribution in [3.63, 3.8) is 0 Å². The van der Waals surface area contributed by atoms with E-state index in [1.807, 2.05) is 0 Å². The number of pyridine rings is 1. The van der Waals surface area contributed by atoms with Crippen molar-refractivity contribution < 1.29 is 31.9 Å². The third-order valence-electron chi connectivity index (χ3n) is 7.09. The second-order valence-corrected chi connectivity index (χ2v) is 10.2. The predicted molar refractivity (Wildman–Crippen MR) is 151 cm³/mol. The largest absolute Gasteiger partial charge is 0.453 e. The summed E-state index contributed by atoms with van der Waals surface area (Å²) in [5, 5.41) is 4.99. The van der Waals surface area contributed by atoms with Gasteiger partial charge >= 0.3 is 6.09 Å². The fourth-order valence-electron chi connectivity index (χ4n) is 5.02. The number of nitrogens with zero attached hydrogens (tertiary/aromatic N) is 1. The number of ether oxygens (including phenoxy) is 1. The maximum atomic E-state index is 15.3. The molecule has 216 valence electrons. The van der Waals surface area contributed by atoms with E-state index in [0.29, 0.717) is 30.5 Å². The monoisotopic (exact) mass is 597 g/mol. The van der Waals surface area contributed by atoms with Crippen LogP contribution in [-0.2, 0) is 9.53 Å². The Balaban J connectivity index is 1.60. The van der Waals surface area contributed by atoms with E-state index in [4.69, 9.17) is 11.6 Å². The third-order valence-corrected chi connectivity index (χ3v) is 7.38. The lowest BCUT2D eigenvalue weighted by molar-refractivity contribution is -0.116. The van der Waals surface area contributed by atoms with Crippen LogP contribution in [0, 0.1) is 23.3 Å². The van der Waals surface area contributed by atoms with E-state index in [2.05, 4.69) is 20.4 Å². The van der Waals surface area contributed by atoms with E-state index in [1.165, 1.54) is 43.6 Å². The summed E-state index contributed by atoms with van der Waals surface area (Å²) < 4.78 is 64.1. The van der Waals surface area contributed by atoms with Gasteiger partial charge in [0.2, 0.25) is 5.91 Å². The minimum Gasteiger partial charge on any atom is -0.453 e. The molecule has 0 radical (unpaired) electrons. The minimum absolute atomic E-state index is 0.102. The number of carbonyl (C=O) groups excluding carboxylic acids is 2. The van der Waals surface area contributed by atoms with Crippen LogP contribution in [0.5, 0.6) is 0 Å². The Bertz CT molecular complexity index is 1680. The number of rotatable bonds is 3. The van der Waals surface area contributed by atoms with Gasteiger partial charge in [-0.15, -0.1) is 0 Å². The van der Waals surface area contributed by atoms with Gasteiger partial charge in [0.05, 0.1) is 23.4 Å². The van der Waals surface area contributed by atoms with E-state index in [1.54, 1.807) is 6.07 Å². The summed E-state index contributed by atoms with van der Waals surface area (Å²) in [6.45, 7) is 0. The second-order valence-electron chi connectivity index (χ2n) is 9.78. The molecule has 5 rings (SSSR count). The summed E-state index contributed by atoms with van der Waals surface area (Å²) in [4.78, 5) is 28.9. The topological polar surface area (TPSA) is 80.3 Å². The number of anilines is 2. The van der Waals surface area contributed by atoms with Gasteiger partial charge in [-0.1, -0.05) is 30.2 Å². The van der Waals surface area contributed by atoms with Crippen LogP contribution in [0.4, 0.5) is 33.7 Å². The zero-order valence-corrected chi connectivity index (χ0v) is 23.0. The van der Waals surface area contributed by atoms with Crippen molar-refractivity contribution in [3.8, 4) is 22.3 Å². The first kappa shape index (κ1) is 29.1. The standard InChI is InChI=1S/C31H24ClF4N3O3/c1-42-31(41)38-18-7-8-20-21-12-17(13-24(34)29(21)35)19(4-2-3-5-27(40)39-26(20)14-18)25-11-6-16(15-37-25)28-23(33)10-9-22(32)30(28)36/h6-15,19H,2-5H2,1H3,(H,38,41)(H,39,40). The molecule has 1 unspecified atom stereocenters. The lowest BCUT2D eigenvalue weighted by Crippen LogP contribution is -2.15. The number of aromatic nitrogens is 1. The van der Waals surface area contributed by atoms with Crippen LogP contribution in [0.2, 0.25) is 5.02 Å². The molecule has 1 aliphatic heterocycles. The van der Waals surface area contributed by atoms with E-state index >= 15 is 8.78 Å². The first-order valence-electron chi connectivity index (χ1n) is 13.0. The number of hydrogen-bond acceptors (Lipinski definition) is 4. The number of hydrogen-bond donors (Lipinski definition) is 2. The molecule has 2 N–H and O–H groups in total. The maximum absolute atomic E-state index is 15.3. The molecule has 1 aromatic heterocycles. The molecule has 2 amide bonds. The van der Waals surface area contributed by atoms with Crippen LogP contribution in [0.3, 0.4) is 0 Å². The summed E-state index contributed by atoms with van der Waals surface area (Å²) in [6.07, 6.45) is 2.21. The summed E-state index contributed by atoms with van der Waals surface area (Å²) in [5.74, 6) is -4.79. The van der Waals surface area contributed by atoms with Crippen molar-refractivity contribution in [2.45, 2.75) is 31.6 Å². The molecule has 3 aromatic carbocycles. The molecule has 0 saturated heterocycles. The Morgan fingerprint density at radius 2 is 1.79 bits per heavy atom. The summed E-state index contributed by atoms with van der Waals surface area (Å²) in [7, 11) is 1.20. The number of halogens is 5. The molecule has 0 aliphatic carbocycles. The van der Waals surface area contributed by atoms with E-state index in [0.717, 1.165) is 18.2 Å². The Kier molecular flexibility index (Phi) is 8.44. The maximum Gasteiger partial charge on any atom is 0.411 e. The van der Waals surface area contributed by atoms with Crippen LogP contribution >= 0.6 is 11.6 Å². The molecule has 1 atom stereocenters.